The Hall–Kier alpha value is -1.99. The van der Waals surface area contributed by atoms with Crippen molar-refractivity contribution in [2.24, 2.45) is 5.73 Å². The molecular weight excluding hydrogens is 346 g/mol. The molecule has 0 amide bonds. The summed E-state index contributed by atoms with van der Waals surface area (Å²) in [5, 5.41) is 4.09. The average Bonchev–Trinajstić information content (AvgIpc) is 3.24. The van der Waals surface area contributed by atoms with Gasteiger partial charge in [0, 0.05) is 0 Å². The summed E-state index contributed by atoms with van der Waals surface area (Å²) >= 11 is 0. The number of nitrogens with two attached hydrogens (primary N) is 1. The highest BCUT2D eigenvalue weighted by molar-refractivity contribution is 5.85. The molecule has 1 aliphatic rings. The molecule has 25 heavy (non-hydrogen) atoms. The lowest BCUT2D eigenvalue weighted by atomic mass is 9.99. The lowest BCUT2D eigenvalue weighted by Crippen LogP contribution is -2.34. The van der Waals surface area contributed by atoms with Crippen molar-refractivity contribution < 1.29 is 18.7 Å². The highest BCUT2D eigenvalue weighted by Gasteiger charge is 2.35. The van der Waals surface area contributed by atoms with E-state index in [2.05, 4.69) is 10.1 Å². The smallest absolute Gasteiger partial charge is 0.231 e. The normalized spacial score (nSPS) is 15.5. The zero-order valence-corrected chi connectivity index (χ0v) is 15.5. The Labute approximate surface area is 153 Å². The van der Waals surface area contributed by atoms with Gasteiger partial charge >= 0.3 is 0 Å². The highest BCUT2D eigenvalue weighted by atomic mass is 35.5. The summed E-state index contributed by atoms with van der Waals surface area (Å²) in [4.78, 5) is 4.50. The molecule has 0 spiro atoms. The highest BCUT2D eigenvalue weighted by Crippen LogP contribution is 2.39. The van der Waals surface area contributed by atoms with E-state index in [4.69, 9.17) is 24.5 Å². The van der Waals surface area contributed by atoms with Crippen LogP contribution in [0.2, 0.25) is 0 Å². The summed E-state index contributed by atoms with van der Waals surface area (Å²) < 4.78 is 21.5. The maximum absolute atomic E-state index is 6.37. The zero-order chi connectivity index (χ0) is 17.2. The molecule has 138 valence electrons. The third-order valence-corrected chi connectivity index (χ3v) is 4.49. The SMILES string of the molecule is COc1cc(Cc2nc(C3(N)CCCC3)no2)cc(OC)c1OC.Cl. The Morgan fingerprint density at radius 1 is 1.08 bits per heavy atom. The number of rotatable bonds is 6. The second-order valence-electron chi connectivity index (χ2n) is 6.09. The van der Waals surface area contributed by atoms with Gasteiger partial charge in [-0.1, -0.05) is 18.0 Å². The van der Waals surface area contributed by atoms with Gasteiger partial charge in [-0.25, -0.2) is 0 Å². The van der Waals surface area contributed by atoms with Gasteiger partial charge in [-0.05, 0) is 30.5 Å². The van der Waals surface area contributed by atoms with Crippen LogP contribution in [0.1, 0.15) is 43.0 Å². The number of halogens is 1. The van der Waals surface area contributed by atoms with Gasteiger partial charge in [0.2, 0.25) is 11.6 Å². The quantitative estimate of drug-likeness (QED) is 0.836. The Kier molecular flexibility index (Phi) is 6.13. The van der Waals surface area contributed by atoms with Gasteiger partial charge in [0.05, 0.1) is 33.3 Å². The molecule has 1 fully saturated rings. The summed E-state index contributed by atoms with van der Waals surface area (Å²) in [5.41, 5.74) is 6.86. The fourth-order valence-electron chi connectivity index (χ4n) is 3.17. The second kappa shape index (κ2) is 7.93. The van der Waals surface area contributed by atoms with E-state index >= 15 is 0 Å². The van der Waals surface area contributed by atoms with Gasteiger partial charge in [-0.3, -0.25) is 0 Å². The number of benzene rings is 1. The molecule has 8 heteroatoms. The third kappa shape index (κ3) is 3.82. The van der Waals surface area contributed by atoms with Crippen LogP contribution in [-0.4, -0.2) is 31.5 Å². The van der Waals surface area contributed by atoms with Crippen LogP contribution < -0.4 is 19.9 Å². The van der Waals surface area contributed by atoms with Crippen molar-refractivity contribution in [1.29, 1.82) is 0 Å². The summed E-state index contributed by atoms with van der Waals surface area (Å²) in [6.07, 6.45) is 4.48. The van der Waals surface area contributed by atoms with Crippen molar-refractivity contribution in [3.8, 4) is 17.2 Å². The fraction of sp³-hybridized carbons (Fsp3) is 0.529. The minimum Gasteiger partial charge on any atom is -0.493 e. The topological polar surface area (TPSA) is 92.6 Å². The van der Waals surface area contributed by atoms with E-state index in [1.807, 2.05) is 12.1 Å². The Morgan fingerprint density at radius 2 is 1.68 bits per heavy atom. The van der Waals surface area contributed by atoms with E-state index in [1.54, 1.807) is 21.3 Å². The lowest BCUT2D eigenvalue weighted by molar-refractivity contribution is 0.323. The summed E-state index contributed by atoms with van der Waals surface area (Å²) in [6.45, 7) is 0. The largest absolute Gasteiger partial charge is 0.493 e. The number of ether oxygens (including phenoxy) is 3. The van der Waals surface area contributed by atoms with E-state index in [9.17, 15) is 0 Å². The third-order valence-electron chi connectivity index (χ3n) is 4.49. The van der Waals surface area contributed by atoms with Gasteiger partial charge in [0.1, 0.15) is 0 Å². The van der Waals surface area contributed by atoms with Crippen LogP contribution >= 0.6 is 12.4 Å². The second-order valence-corrected chi connectivity index (χ2v) is 6.09. The van der Waals surface area contributed by atoms with Crippen LogP contribution in [0.5, 0.6) is 17.2 Å². The summed E-state index contributed by atoms with van der Waals surface area (Å²) in [7, 11) is 4.75. The fourth-order valence-corrected chi connectivity index (χ4v) is 3.17. The van der Waals surface area contributed by atoms with Crippen LogP contribution in [0.4, 0.5) is 0 Å². The van der Waals surface area contributed by atoms with Crippen LogP contribution in [0, 0.1) is 0 Å². The maximum atomic E-state index is 6.37. The van der Waals surface area contributed by atoms with Crippen LogP contribution in [0.3, 0.4) is 0 Å². The standard InChI is InChI=1S/C17H23N3O4.ClH/c1-21-12-8-11(9-13(22-2)15(12)23-3)10-14-19-16(20-24-14)17(18)6-4-5-7-17;/h8-9H,4-7,10,18H2,1-3H3;1H. The first-order chi connectivity index (χ1) is 11.6. The molecule has 0 radical (unpaired) electrons. The van der Waals surface area contributed by atoms with E-state index in [-0.39, 0.29) is 12.4 Å². The molecule has 1 aromatic heterocycles. The molecular formula is C17H24ClN3O4. The van der Waals surface area contributed by atoms with Crippen molar-refractivity contribution in [1.82, 2.24) is 10.1 Å². The minimum atomic E-state index is -0.447. The molecule has 1 heterocycles. The van der Waals surface area contributed by atoms with Gasteiger partial charge in [-0.15, -0.1) is 12.4 Å². The molecule has 3 rings (SSSR count). The summed E-state index contributed by atoms with van der Waals surface area (Å²) in [5.74, 6) is 2.87. The summed E-state index contributed by atoms with van der Waals surface area (Å²) in [6, 6.07) is 3.75. The van der Waals surface area contributed by atoms with E-state index in [1.165, 1.54) is 0 Å². The molecule has 1 aromatic carbocycles. The molecule has 0 bridgehead atoms. The first-order valence-corrected chi connectivity index (χ1v) is 8.00. The van der Waals surface area contributed by atoms with Crippen LogP contribution in [0.25, 0.3) is 0 Å². The van der Waals surface area contributed by atoms with Gasteiger partial charge in [0.15, 0.2) is 17.3 Å². The van der Waals surface area contributed by atoms with Gasteiger partial charge in [-0.2, -0.15) is 4.98 Å². The Bertz CT molecular complexity index is 689. The molecule has 0 atom stereocenters. The Morgan fingerprint density at radius 3 is 2.20 bits per heavy atom. The molecule has 0 aliphatic heterocycles. The number of hydrogen-bond acceptors (Lipinski definition) is 7. The van der Waals surface area contributed by atoms with Crippen LogP contribution in [0.15, 0.2) is 16.7 Å². The predicted molar refractivity (Wildman–Crippen MR) is 94.8 cm³/mol. The van der Waals surface area contributed by atoms with Gasteiger partial charge < -0.3 is 24.5 Å². The molecule has 7 nitrogen and oxygen atoms in total. The first kappa shape index (κ1) is 19.3. The average molecular weight is 370 g/mol. The number of aromatic nitrogens is 2. The lowest BCUT2D eigenvalue weighted by Gasteiger charge is -2.17. The van der Waals surface area contributed by atoms with Crippen molar-refractivity contribution in [2.45, 2.75) is 37.6 Å². The maximum Gasteiger partial charge on any atom is 0.231 e. The first-order valence-electron chi connectivity index (χ1n) is 8.00. The predicted octanol–water partition coefficient (Wildman–Crippen LogP) is 2.84. The molecule has 0 saturated heterocycles. The monoisotopic (exact) mass is 369 g/mol. The number of methoxy groups -OCH3 is 3. The van der Waals surface area contributed by atoms with E-state index < -0.39 is 5.54 Å². The Balaban J connectivity index is 0.00000225. The van der Waals surface area contributed by atoms with Gasteiger partial charge in [0.25, 0.3) is 0 Å². The van der Waals surface area contributed by atoms with Crippen molar-refractivity contribution in [3.63, 3.8) is 0 Å². The van der Waals surface area contributed by atoms with Crippen molar-refractivity contribution >= 4 is 12.4 Å². The van der Waals surface area contributed by atoms with E-state index in [0.29, 0.717) is 35.4 Å². The zero-order valence-electron chi connectivity index (χ0n) is 14.7. The van der Waals surface area contributed by atoms with Crippen LogP contribution in [-0.2, 0) is 12.0 Å². The molecule has 1 aliphatic carbocycles. The molecule has 0 unspecified atom stereocenters. The number of hydrogen-bond donors (Lipinski definition) is 1. The van der Waals surface area contributed by atoms with Crippen molar-refractivity contribution in [3.05, 3.63) is 29.4 Å². The molecule has 2 N–H and O–H groups in total. The number of nitrogens with zero attached hydrogens (tertiary/aromatic N) is 2. The molecule has 1 saturated carbocycles. The minimum absolute atomic E-state index is 0. The molecule has 2 aromatic rings. The van der Waals surface area contributed by atoms with Crippen molar-refractivity contribution in [2.75, 3.05) is 21.3 Å². The van der Waals surface area contributed by atoms with E-state index in [0.717, 1.165) is 31.2 Å².